The van der Waals surface area contributed by atoms with Crippen molar-refractivity contribution >= 4 is 27.5 Å². The maximum atomic E-state index is 5.97. The molecule has 2 aromatic rings. The largest absolute Gasteiger partial charge is 0.457 e. The summed E-state index contributed by atoms with van der Waals surface area (Å²) in [5.74, 6) is 2.26. The first kappa shape index (κ1) is 16.3. The van der Waals surface area contributed by atoms with E-state index in [9.17, 15) is 0 Å². The number of halogens is 2. The Bertz CT molecular complexity index is 584. The predicted octanol–water partition coefficient (Wildman–Crippen LogP) is 5.64. The van der Waals surface area contributed by atoms with Gasteiger partial charge < -0.3 is 10.1 Å². The highest BCUT2D eigenvalue weighted by Crippen LogP contribution is 2.29. The van der Waals surface area contributed by atoms with Crippen molar-refractivity contribution in [1.29, 1.82) is 0 Å². The molecule has 2 aromatic carbocycles. The molecule has 0 atom stereocenters. The Kier molecular flexibility index (Phi) is 6.09. The van der Waals surface area contributed by atoms with Crippen LogP contribution in [0.1, 0.15) is 19.4 Å². The quantitative estimate of drug-likeness (QED) is 0.712. The molecule has 0 saturated carbocycles. The topological polar surface area (TPSA) is 21.3 Å². The molecule has 0 unspecified atom stereocenters. The van der Waals surface area contributed by atoms with E-state index in [0.717, 1.165) is 34.6 Å². The van der Waals surface area contributed by atoms with Gasteiger partial charge in [0, 0.05) is 21.6 Å². The van der Waals surface area contributed by atoms with E-state index in [-0.39, 0.29) is 0 Å². The van der Waals surface area contributed by atoms with Gasteiger partial charge in [-0.15, -0.1) is 0 Å². The highest BCUT2D eigenvalue weighted by Gasteiger charge is 2.06. The summed E-state index contributed by atoms with van der Waals surface area (Å²) >= 11 is 9.39. The Hall–Kier alpha value is -1.03. The Morgan fingerprint density at radius 2 is 1.86 bits per heavy atom. The van der Waals surface area contributed by atoms with Crippen LogP contribution in [0.15, 0.2) is 46.9 Å². The average molecular weight is 369 g/mol. The lowest BCUT2D eigenvalue weighted by molar-refractivity contribution is 0.469. The van der Waals surface area contributed by atoms with Crippen LogP contribution in [0.25, 0.3) is 0 Å². The van der Waals surface area contributed by atoms with Crippen LogP contribution in [0.2, 0.25) is 5.02 Å². The average Bonchev–Trinajstić information content (AvgIpc) is 2.43. The van der Waals surface area contributed by atoms with Crippen LogP contribution in [0, 0.1) is 5.92 Å². The zero-order valence-corrected chi connectivity index (χ0v) is 14.5. The first-order valence-electron chi connectivity index (χ1n) is 6.97. The van der Waals surface area contributed by atoms with Gasteiger partial charge in [-0.1, -0.05) is 47.4 Å². The number of benzene rings is 2. The summed E-state index contributed by atoms with van der Waals surface area (Å²) in [6, 6.07) is 13.5. The second-order valence-electron chi connectivity index (χ2n) is 5.33. The van der Waals surface area contributed by atoms with E-state index < -0.39 is 0 Å². The SMILES string of the molecule is CC(C)CNCc1ccc(Br)cc1Oc1ccc(Cl)cc1. The molecule has 0 bridgehead atoms. The number of rotatable bonds is 6. The van der Waals surface area contributed by atoms with Crippen LogP contribution < -0.4 is 10.1 Å². The molecule has 0 amide bonds. The molecule has 0 fully saturated rings. The molecular weight excluding hydrogens is 350 g/mol. The van der Waals surface area contributed by atoms with E-state index in [4.69, 9.17) is 16.3 Å². The number of hydrogen-bond acceptors (Lipinski definition) is 2. The highest BCUT2D eigenvalue weighted by molar-refractivity contribution is 9.10. The van der Waals surface area contributed by atoms with Crippen LogP contribution in [0.5, 0.6) is 11.5 Å². The van der Waals surface area contributed by atoms with E-state index in [0.29, 0.717) is 10.9 Å². The normalized spacial score (nSPS) is 10.9. The smallest absolute Gasteiger partial charge is 0.133 e. The molecule has 2 nitrogen and oxygen atoms in total. The van der Waals surface area contributed by atoms with Crippen LogP contribution in [-0.2, 0) is 6.54 Å². The fraction of sp³-hybridized carbons (Fsp3) is 0.294. The fourth-order valence-electron chi connectivity index (χ4n) is 1.89. The molecule has 0 aromatic heterocycles. The molecule has 2 rings (SSSR count). The Morgan fingerprint density at radius 1 is 1.14 bits per heavy atom. The van der Waals surface area contributed by atoms with E-state index >= 15 is 0 Å². The Labute approximate surface area is 139 Å². The van der Waals surface area contributed by atoms with Crippen LogP contribution in [0.3, 0.4) is 0 Å². The summed E-state index contributed by atoms with van der Waals surface area (Å²) in [7, 11) is 0. The lowest BCUT2D eigenvalue weighted by Gasteiger charge is -2.13. The first-order chi connectivity index (χ1) is 10.0. The summed E-state index contributed by atoms with van der Waals surface area (Å²) < 4.78 is 6.97. The van der Waals surface area contributed by atoms with Crippen molar-refractivity contribution in [2.24, 2.45) is 5.92 Å². The first-order valence-corrected chi connectivity index (χ1v) is 8.14. The third kappa shape index (κ3) is 5.34. The van der Waals surface area contributed by atoms with Gasteiger partial charge in [-0.2, -0.15) is 0 Å². The summed E-state index contributed by atoms with van der Waals surface area (Å²) in [6.45, 7) is 6.16. The molecule has 0 heterocycles. The zero-order valence-electron chi connectivity index (χ0n) is 12.2. The van der Waals surface area contributed by atoms with Gasteiger partial charge >= 0.3 is 0 Å². The van der Waals surface area contributed by atoms with Crippen molar-refractivity contribution in [3.05, 3.63) is 57.5 Å². The van der Waals surface area contributed by atoms with E-state index in [1.54, 1.807) is 0 Å². The third-order valence-electron chi connectivity index (χ3n) is 2.94. The molecule has 21 heavy (non-hydrogen) atoms. The van der Waals surface area contributed by atoms with Crippen LogP contribution >= 0.6 is 27.5 Å². The molecule has 0 aliphatic heterocycles. The molecule has 0 radical (unpaired) electrons. The van der Waals surface area contributed by atoms with Gasteiger partial charge in [-0.3, -0.25) is 0 Å². The minimum atomic E-state index is 0.626. The fourth-order valence-corrected chi connectivity index (χ4v) is 2.36. The van der Waals surface area contributed by atoms with E-state index in [2.05, 4.69) is 41.2 Å². The molecule has 0 aliphatic rings. The van der Waals surface area contributed by atoms with Crippen molar-refractivity contribution in [1.82, 2.24) is 5.32 Å². The number of hydrogen-bond donors (Lipinski definition) is 1. The molecule has 0 aliphatic carbocycles. The Morgan fingerprint density at radius 3 is 2.52 bits per heavy atom. The third-order valence-corrected chi connectivity index (χ3v) is 3.68. The molecule has 0 saturated heterocycles. The van der Waals surface area contributed by atoms with Gasteiger partial charge in [-0.05, 0) is 48.9 Å². The summed E-state index contributed by atoms with van der Waals surface area (Å²) in [5, 5.41) is 4.14. The Balaban J connectivity index is 2.12. The van der Waals surface area contributed by atoms with Gasteiger partial charge in [0.15, 0.2) is 0 Å². The van der Waals surface area contributed by atoms with Crippen molar-refractivity contribution in [2.75, 3.05) is 6.54 Å². The molecule has 112 valence electrons. The van der Waals surface area contributed by atoms with Crippen molar-refractivity contribution in [2.45, 2.75) is 20.4 Å². The highest BCUT2D eigenvalue weighted by atomic mass is 79.9. The van der Waals surface area contributed by atoms with Gasteiger partial charge in [0.2, 0.25) is 0 Å². The second kappa shape index (κ2) is 7.83. The minimum absolute atomic E-state index is 0.626. The monoisotopic (exact) mass is 367 g/mol. The van der Waals surface area contributed by atoms with E-state index in [1.165, 1.54) is 0 Å². The van der Waals surface area contributed by atoms with Crippen molar-refractivity contribution < 1.29 is 4.74 Å². The van der Waals surface area contributed by atoms with Crippen LogP contribution in [0.4, 0.5) is 0 Å². The van der Waals surface area contributed by atoms with Crippen molar-refractivity contribution in [3.63, 3.8) is 0 Å². The van der Waals surface area contributed by atoms with Gasteiger partial charge in [0.25, 0.3) is 0 Å². The van der Waals surface area contributed by atoms with Gasteiger partial charge in [0.05, 0.1) is 0 Å². The number of nitrogens with one attached hydrogen (secondary N) is 1. The lowest BCUT2D eigenvalue weighted by Crippen LogP contribution is -2.19. The van der Waals surface area contributed by atoms with E-state index in [1.807, 2.05) is 36.4 Å². The molecular formula is C17H19BrClNO. The molecule has 4 heteroatoms. The second-order valence-corrected chi connectivity index (χ2v) is 6.68. The number of ether oxygens (including phenoxy) is 1. The summed E-state index contributed by atoms with van der Waals surface area (Å²) in [4.78, 5) is 0. The maximum Gasteiger partial charge on any atom is 0.133 e. The zero-order chi connectivity index (χ0) is 15.2. The molecule has 1 N–H and O–H groups in total. The van der Waals surface area contributed by atoms with Gasteiger partial charge in [-0.25, -0.2) is 0 Å². The van der Waals surface area contributed by atoms with Gasteiger partial charge in [0.1, 0.15) is 11.5 Å². The van der Waals surface area contributed by atoms with Crippen molar-refractivity contribution in [3.8, 4) is 11.5 Å². The minimum Gasteiger partial charge on any atom is -0.457 e. The maximum absolute atomic E-state index is 5.97. The summed E-state index contributed by atoms with van der Waals surface area (Å²) in [6.07, 6.45) is 0. The van der Waals surface area contributed by atoms with Crippen LogP contribution in [-0.4, -0.2) is 6.54 Å². The lowest BCUT2D eigenvalue weighted by atomic mass is 10.2. The summed E-state index contributed by atoms with van der Waals surface area (Å²) in [5.41, 5.74) is 1.13. The standard InChI is InChI=1S/C17H19BrClNO/c1-12(2)10-20-11-13-3-4-14(18)9-17(13)21-16-7-5-15(19)6-8-16/h3-9,12,20H,10-11H2,1-2H3. The predicted molar refractivity (Wildman–Crippen MR) is 92.2 cm³/mol. The molecule has 0 spiro atoms.